The molecule has 0 unspecified atom stereocenters. The zero-order chi connectivity index (χ0) is 9.84. The highest BCUT2D eigenvalue weighted by Crippen LogP contribution is 2.07. The van der Waals surface area contributed by atoms with Crippen LogP contribution in [0, 0.1) is 0 Å². The summed E-state index contributed by atoms with van der Waals surface area (Å²) in [5.74, 6) is -1.03. The Morgan fingerprint density at radius 1 is 1.46 bits per heavy atom. The molecule has 0 aliphatic heterocycles. The number of carboxylic acids is 1. The van der Waals surface area contributed by atoms with E-state index < -0.39 is 5.97 Å². The molecule has 0 heterocycles. The number of carboxylic acid groups (broad SMARTS) is 1. The summed E-state index contributed by atoms with van der Waals surface area (Å²) in [5.41, 5.74) is 0.866. The molecule has 2 N–H and O–H groups in total. The average Bonchev–Trinajstić information content (AvgIpc) is 2.07. The van der Waals surface area contributed by atoms with E-state index in [0.29, 0.717) is 5.56 Å². The molecule has 0 fully saturated rings. The third-order valence-corrected chi connectivity index (χ3v) is 1.47. The number of rotatable bonds is 2. The first-order valence-corrected chi connectivity index (χ1v) is 3.59. The van der Waals surface area contributed by atoms with Crippen LogP contribution in [0.2, 0.25) is 0 Å². The molecule has 0 aliphatic carbocycles. The standard InChI is InChI=1S/C9H7BO3/c10-7-5-6(1-3-8(7)11)2-4-9(12)13/h1-5,11H,(H,12,13)/b4-2+. The molecular weight excluding hydrogens is 167 g/mol. The number of carbonyl (C=O) groups is 1. The van der Waals surface area contributed by atoms with Gasteiger partial charge in [0.15, 0.2) is 0 Å². The number of aliphatic carboxylic acids is 1. The molecule has 0 atom stereocenters. The van der Waals surface area contributed by atoms with E-state index in [9.17, 15) is 4.79 Å². The van der Waals surface area contributed by atoms with Crippen molar-refractivity contribution in [3.05, 3.63) is 29.8 Å². The van der Waals surface area contributed by atoms with Crippen molar-refractivity contribution in [2.45, 2.75) is 0 Å². The lowest BCUT2D eigenvalue weighted by atomic mass is 9.93. The van der Waals surface area contributed by atoms with Gasteiger partial charge in [-0.25, -0.2) is 4.79 Å². The highest BCUT2D eigenvalue weighted by Gasteiger charge is 1.95. The van der Waals surface area contributed by atoms with Crippen LogP contribution in [0.1, 0.15) is 5.56 Å². The van der Waals surface area contributed by atoms with Crippen molar-refractivity contribution in [1.29, 1.82) is 0 Å². The zero-order valence-electron chi connectivity index (χ0n) is 6.77. The molecule has 1 aromatic carbocycles. The van der Waals surface area contributed by atoms with Crippen LogP contribution >= 0.6 is 0 Å². The van der Waals surface area contributed by atoms with Gasteiger partial charge < -0.3 is 10.2 Å². The lowest BCUT2D eigenvalue weighted by Gasteiger charge is -1.99. The van der Waals surface area contributed by atoms with Gasteiger partial charge in [0.2, 0.25) is 0 Å². The van der Waals surface area contributed by atoms with Gasteiger partial charge in [0.25, 0.3) is 0 Å². The fourth-order valence-electron chi connectivity index (χ4n) is 0.844. The molecule has 1 rings (SSSR count). The average molecular weight is 174 g/mol. The summed E-state index contributed by atoms with van der Waals surface area (Å²) in [4.78, 5) is 10.2. The maximum Gasteiger partial charge on any atom is 0.328 e. The van der Waals surface area contributed by atoms with Gasteiger partial charge in [0.1, 0.15) is 13.6 Å². The van der Waals surface area contributed by atoms with Crippen molar-refractivity contribution >= 4 is 25.4 Å². The van der Waals surface area contributed by atoms with Crippen LogP contribution in [0.3, 0.4) is 0 Å². The maximum atomic E-state index is 10.2. The van der Waals surface area contributed by atoms with Crippen LogP contribution in [-0.2, 0) is 4.79 Å². The normalized spacial score (nSPS) is 10.5. The van der Waals surface area contributed by atoms with Crippen LogP contribution < -0.4 is 5.46 Å². The van der Waals surface area contributed by atoms with Crippen LogP contribution in [0.25, 0.3) is 6.08 Å². The minimum atomic E-state index is -1.02. The van der Waals surface area contributed by atoms with E-state index in [4.69, 9.17) is 18.1 Å². The van der Waals surface area contributed by atoms with E-state index in [0.717, 1.165) is 6.08 Å². The molecule has 1 aromatic rings. The Balaban J connectivity index is 2.92. The fourth-order valence-corrected chi connectivity index (χ4v) is 0.844. The summed E-state index contributed by atoms with van der Waals surface area (Å²) in [6.07, 6.45) is 2.41. The molecule has 0 saturated carbocycles. The molecule has 3 nitrogen and oxygen atoms in total. The Kier molecular flexibility index (Phi) is 2.74. The van der Waals surface area contributed by atoms with E-state index in [1.165, 1.54) is 18.2 Å². The summed E-state index contributed by atoms with van der Waals surface area (Å²) >= 11 is 0. The molecule has 64 valence electrons. The fraction of sp³-hybridized carbons (Fsp3) is 0. The Bertz CT molecular complexity index is 358. The summed E-state index contributed by atoms with van der Waals surface area (Å²) in [7, 11) is 5.40. The third kappa shape index (κ3) is 2.67. The smallest absolute Gasteiger partial charge is 0.328 e. The van der Waals surface area contributed by atoms with Crippen molar-refractivity contribution in [3.63, 3.8) is 0 Å². The summed E-state index contributed by atoms with van der Waals surface area (Å²) in [5, 5.41) is 17.4. The second-order valence-corrected chi connectivity index (χ2v) is 2.49. The first-order valence-electron chi connectivity index (χ1n) is 3.59. The number of hydrogen-bond acceptors (Lipinski definition) is 2. The SMILES string of the molecule is [B]c1cc(/C=C/C(=O)O)ccc1O. The molecule has 0 amide bonds. The molecule has 13 heavy (non-hydrogen) atoms. The monoisotopic (exact) mass is 174 g/mol. The van der Waals surface area contributed by atoms with Crippen molar-refractivity contribution in [3.8, 4) is 5.75 Å². The molecule has 0 spiro atoms. The quantitative estimate of drug-likeness (QED) is 0.500. The van der Waals surface area contributed by atoms with Crippen LogP contribution in [0.15, 0.2) is 24.3 Å². The number of phenolic OH excluding ortho intramolecular Hbond substituents is 1. The first kappa shape index (κ1) is 9.38. The summed E-state index contributed by atoms with van der Waals surface area (Å²) in [6, 6.07) is 4.48. The number of aromatic hydroxyl groups is 1. The molecule has 0 aliphatic rings. The lowest BCUT2D eigenvalue weighted by Crippen LogP contribution is -2.02. The highest BCUT2D eigenvalue weighted by atomic mass is 16.4. The molecule has 0 saturated heterocycles. The van der Waals surface area contributed by atoms with Gasteiger partial charge in [-0.15, -0.1) is 0 Å². The largest absolute Gasteiger partial charge is 0.509 e. The summed E-state index contributed by atoms with van der Waals surface area (Å²) < 4.78 is 0. The summed E-state index contributed by atoms with van der Waals surface area (Å²) in [6.45, 7) is 0. The molecule has 0 aromatic heterocycles. The minimum absolute atomic E-state index is 0.00697. The van der Waals surface area contributed by atoms with E-state index >= 15 is 0 Å². The minimum Gasteiger partial charge on any atom is -0.509 e. The second-order valence-electron chi connectivity index (χ2n) is 2.49. The Morgan fingerprint density at radius 3 is 2.69 bits per heavy atom. The van der Waals surface area contributed by atoms with Gasteiger partial charge in [-0.05, 0) is 17.7 Å². The van der Waals surface area contributed by atoms with Gasteiger partial charge in [0, 0.05) is 6.08 Å². The first-order chi connectivity index (χ1) is 6.09. The van der Waals surface area contributed by atoms with E-state index in [1.807, 2.05) is 0 Å². The zero-order valence-corrected chi connectivity index (χ0v) is 6.77. The van der Waals surface area contributed by atoms with Crippen LogP contribution in [0.5, 0.6) is 5.75 Å². The Hall–Kier alpha value is -1.71. The third-order valence-electron chi connectivity index (χ3n) is 1.47. The molecule has 4 heteroatoms. The predicted molar refractivity (Wildman–Crippen MR) is 50.2 cm³/mol. The molecule has 2 radical (unpaired) electrons. The van der Waals surface area contributed by atoms with Crippen molar-refractivity contribution in [2.75, 3.05) is 0 Å². The number of benzene rings is 1. The van der Waals surface area contributed by atoms with Gasteiger partial charge in [-0.2, -0.15) is 0 Å². The topological polar surface area (TPSA) is 57.5 Å². The van der Waals surface area contributed by atoms with E-state index in [2.05, 4.69) is 0 Å². The maximum absolute atomic E-state index is 10.2. The van der Waals surface area contributed by atoms with E-state index in [1.54, 1.807) is 6.07 Å². The second kappa shape index (κ2) is 3.80. The van der Waals surface area contributed by atoms with E-state index in [-0.39, 0.29) is 11.2 Å². The van der Waals surface area contributed by atoms with Gasteiger partial charge in [-0.3, -0.25) is 0 Å². The highest BCUT2D eigenvalue weighted by molar-refractivity contribution is 6.34. The number of hydrogen-bond donors (Lipinski definition) is 2. The molecular formula is C9H7BO3. The Morgan fingerprint density at radius 2 is 2.15 bits per heavy atom. The van der Waals surface area contributed by atoms with Crippen molar-refractivity contribution in [2.24, 2.45) is 0 Å². The van der Waals surface area contributed by atoms with Crippen LogP contribution in [0.4, 0.5) is 0 Å². The lowest BCUT2D eigenvalue weighted by molar-refractivity contribution is -0.131. The van der Waals surface area contributed by atoms with Gasteiger partial charge in [-0.1, -0.05) is 17.6 Å². The number of phenols is 1. The van der Waals surface area contributed by atoms with Crippen molar-refractivity contribution < 1.29 is 15.0 Å². The Labute approximate surface area is 76.7 Å². The van der Waals surface area contributed by atoms with Crippen LogP contribution in [-0.4, -0.2) is 24.0 Å². The van der Waals surface area contributed by atoms with Gasteiger partial charge >= 0.3 is 5.97 Å². The van der Waals surface area contributed by atoms with Gasteiger partial charge in [0.05, 0.1) is 0 Å². The van der Waals surface area contributed by atoms with Crippen molar-refractivity contribution in [1.82, 2.24) is 0 Å². The predicted octanol–water partition coefficient (Wildman–Crippen LogP) is 0.284. The molecule has 0 bridgehead atoms.